The summed E-state index contributed by atoms with van der Waals surface area (Å²) in [5.74, 6) is -2.38. The minimum Gasteiger partial charge on any atom is -0.504 e. The lowest BCUT2D eigenvalue weighted by Crippen LogP contribution is -2.65. The average molecular weight is 737 g/mol. The molecule has 10 atom stereocenters. The second-order valence-electron chi connectivity index (χ2n) is 12.0. The molecule has 0 spiro atoms. The van der Waals surface area contributed by atoms with Gasteiger partial charge in [-0.3, -0.25) is 9.59 Å². The van der Waals surface area contributed by atoms with Crippen molar-refractivity contribution in [3.63, 3.8) is 0 Å². The van der Waals surface area contributed by atoms with Crippen molar-refractivity contribution >= 4 is 24.0 Å². The average Bonchev–Trinajstić information content (AvgIpc) is 3.10. The van der Waals surface area contributed by atoms with E-state index in [1.165, 1.54) is 51.5 Å². The summed E-state index contributed by atoms with van der Waals surface area (Å²) in [6.07, 6.45) is -12.2. The maximum Gasteiger partial charge on any atom is 0.331 e. The van der Waals surface area contributed by atoms with Crippen molar-refractivity contribution in [3.05, 3.63) is 53.6 Å². The Kier molecular flexibility index (Phi) is 14.2. The first-order valence-corrected chi connectivity index (χ1v) is 16.3. The predicted octanol–water partition coefficient (Wildman–Crippen LogP) is 0.732. The van der Waals surface area contributed by atoms with Crippen LogP contribution < -0.4 is 9.47 Å². The number of ether oxygens (including phenoxy) is 9. The van der Waals surface area contributed by atoms with E-state index >= 15 is 0 Å². The first kappa shape index (κ1) is 40.3. The van der Waals surface area contributed by atoms with Gasteiger partial charge in [-0.2, -0.15) is 0 Å². The Bertz CT molecular complexity index is 1560. The number of benzene rings is 2. The summed E-state index contributed by atoms with van der Waals surface area (Å²) in [5.41, 5.74) is 1.12. The molecule has 0 aromatic heterocycles. The van der Waals surface area contributed by atoms with Crippen LogP contribution in [0.15, 0.2) is 42.5 Å². The number of aromatic hydroxyl groups is 2. The Hall–Kier alpha value is -4.49. The maximum atomic E-state index is 13.2. The lowest BCUT2D eigenvalue weighted by atomic mass is 9.96. The van der Waals surface area contributed by atoms with Gasteiger partial charge in [-0.1, -0.05) is 12.1 Å². The van der Waals surface area contributed by atoms with E-state index in [-0.39, 0.29) is 36.0 Å². The summed E-state index contributed by atoms with van der Waals surface area (Å²) in [5, 5.41) is 52.8. The van der Waals surface area contributed by atoms with E-state index in [2.05, 4.69) is 0 Å². The number of hydrogen-bond acceptors (Lipinski definition) is 17. The first-order valence-electron chi connectivity index (χ1n) is 16.3. The largest absolute Gasteiger partial charge is 0.504 e. The molecule has 17 heteroatoms. The molecule has 0 saturated carbocycles. The van der Waals surface area contributed by atoms with E-state index in [1.807, 2.05) is 0 Å². The van der Waals surface area contributed by atoms with E-state index in [0.717, 1.165) is 19.9 Å². The van der Waals surface area contributed by atoms with Crippen LogP contribution in [0.5, 0.6) is 23.0 Å². The summed E-state index contributed by atoms with van der Waals surface area (Å²) >= 11 is 0. The number of phenols is 2. The van der Waals surface area contributed by atoms with E-state index in [1.54, 1.807) is 12.1 Å². The Balaban J connectivity index is 1.62. The monoisotopic (exact) mass is 736 g/mol. The van der Waals surface area contributed by atoms with Crippen molar-refractivity contribution in [1.82, 2.24) is 0 Å². The standard InChI is InChI=1S/C35H44O17/c1-17-28(42)31(48-18(2)37)33(49-19(3)38)35(47-17)52-32-29(43)34(46-13-12-21-7-10-24(44-4)23(40)14-21)50-26(16-36)30(32)51-27(41)11-8-20-6-9-22(39)25(15-20)45-5/h6-11,14-15,17,26,28-36,39-40,42-43H,12-13,16H2,1-5H3. The van der Waals surface area contributed by atoms with Gasteiger partial charge >= 0.3 is 17.9 Å². The van der Waals surface area contributed by atoms with Gasteiger partial charge in [-0.05, 0) is 54.8 Å². The Labute approximate surface area is 299 Å². The van der Waals surface area contributed by atoms with Gasteiger partial charge in [0.05, 0.1) is 33.5 Å². The molecule has 0 amide bonds. The topological polar surface area (TPSA) is 235 Å². The number of carbonyl (C=O) groups is 3. The van der Waals surface area contributed by atoms with E-state index < -0.39 is 85.9 Å². The zero-order valence-corrected chi connectivity index (χ0v) is 29.1. The fourth-order valence-corrected chi connectivity index (χ4v) is 5.69. The quantitative estimate of drug-likeness (QED) is 0.102. The minimum absolute atomic E-state index is 0.0601. The van der Waals surface area contributed by atoms with E-state index in [0.29, 0.717) is 11.1 Å². The van der Waals surface area contributed by atoms with E-state index in [4.69, 9.17) is 42.6 Å². The molecule has 2 fully saturated rings. The summed E-state index contributed by atoms with van der Waals surface area (Å²) in [6, 6.07) is 9.09. The van der Waals surface area contributed by atoms with Crippen LogP contribution in [0, 0.1) is 0 Å². The lowest BCUT2D eigenvalue weighted by molar-refractivity contribution is -0.358. The van der Waals surface area contributed by atoms with Crippen molar-refractivity contribution in [3.8, 4) is 23.0 Å². The van der Waals surface area contributed by atoms with Crippen molar-refractivity contribution in [2.75, 3.05) is 27.4 Å². The molecule has 17 nitrogen and oxygen atoms in total. The smallest absolute Gasteiger partial charge is 0.331 e. The van der Waals surface area contributed by atoms with Gasteiger partial charge in [0.15, 0.2) is 53.9 Å². The zero-order valence-electron chi connectivity index (χ0n) is 29.1. The highest BCUT2D eigenvalue weighted by Crippen LogP contribution is 2.34. The number of aliphatic hydroxyl groups excluding tert-OH is 3. The lowest BCUT2D eigenvalue weighted by Gasteiger charge is -2.47. The molecule has 4 rings (SSSR count). The molecule has 286 valence electrons. The SMILES string of the molecule is COc1ccc(CCOC2OC(CO)C(OC(=O)C=Cc3ccc(O)c(OC)c3)C(OC3OC(C)C(O)C(OC(C)=O)C3OC(C)=O)C2O)cc1O. The molecule has 0 bridgehead atoms. The van der Waals surface area contributed by atoms with Crippen molar-refractivity contribution in [2.24, 2.45) is 0 Å². The number of carbonyl (C=O) groups excluding carboxylic acids is 3. The highest BCUT2D eigenvalue weighted by Gasteiger charge is 2.54. The number of esters is 3. The van der Waals surface area contributed by atoms with Crippen molar-refractivity contribution < 1.29 is 82.5 Å². The van der Waals surface area contributed by atoms with Crippen LogP contribution in [-0.2, 0) is 54.0 Å². The fourth-order valence-electron chi connectivity index (χ4n) is 5.69. The van der Waals surface area contributed by atoms with Gasteiger partial charge in [0.1, 0.15) is 24.4 Å². The molecular formula is C35H44O17. The molecule has 2 aliphatic rings. The molecule has 2 aromatic carbocycles. The van der Waals surface area contributed by atoms with Gasteiger partial charge in [-0.25, -0.2) is 4.79 Å². The van der Waals surface area contributed by atoms with Crippen LogP contribution in [0.1, 0.15) is 31.9 Å². The third-order valence-electron chi connectivity index (χ3n) is 8.23. The second kappa shape index (κ2) is 18.3. The number of rotatable bonds is 14. The van der Waals surface area contributed by atoms with Gasteiger partial charge in [0.25, 0.3) is 0 Å². The van der Waals surface area contributed by atoms with Crippen LogP contribution >= 0.6 is 0 Å². The molecule has 10 unspecified atom stereocenters. The van der Waals surface area contributed by atoms with Gasteiger partial charge in [-0.15, -0.1) is 0 Å². The van der Waals surface area contributed by atoms with Gasteiger partial charge in [0.2, 0.25) is 0 Å². The fraction of sp³-hybridized carbons (Fsp3) is 0.514. The highest BCUT2D eigenvalue weighted by atomic mass is 16.8. The Morgan fingerprint density at radius 2 is 1.48 bits per heavy atom. The van der Waals surface area contributed by atoms with E-state index in [9.17, 15) is 39.9 Å². The molecule has 2 aromatic rings. The van der Waals surface area contributed by atoms with Crippen molar-refractivity contribution in [2.45, 2.75) is 88.6 Å². The molecule has 5 N–H and O–H groups in total. The third-order valence-corrected chi connectivity index (χ3v) is 8.23. The second-order valence-corrected chi connectivity index (χ2v) is 12.0. The van der Waals surface area contributed by atoms with Crippen molar-refractivity contribution in [1.29, 1.82) is 0 Å². The summed E-state index contributed by atoms with van der Waals surface area (Å²) in [7, 11) is 2.77. The van der Waals surface area contributed by atoms with Gasteiger partial charge in [0, 0.05) is 19.9 Å². The molecule has 2 heterocycles. The predicted molar refractivity (Wildman–Crippen MR) is 176 cm³/mol. The third kappa shape index (κ3) is 10.1. The highest BCUT2D eigenvalue weighted by molar-refractivity contribution is 5.87. The van der Waals surface area contributed by atoms with Crippen LogP contribution in [0.25, 0.3) is 6.08 Å². The molecular weight excluding hydrogens is 692 g/mol. The molecule has 0 radical (unpaired) electrons. The zero-order chi connectivity index (χ0) is 38.1. The maximum absolute atomic E-state index is 13.2. The summed E-state index contributed by atoms with van der Waals surface area (Å²) < 4.78 is 50.1. The molecule has 2 saturated heterocycles. The summed E-state index contributed by atoms with van der Waals surface area (Å²) in [4.78, 5) is 37.2. The number of hydrogen-bond donors (Lipinski definition) is 5. The summed E-state index contributed by atoms with van der Waals surface area (Å²) in [6.45, 7) is 2.80. The number of phenolic OH excluding ortho intramolecular Hbond substituents is 2. The Morgan fingerprint density at radius 1 is 0.788 bits per heavy atom. The molecule has 0 aliphatic carbocycles. The van der Waals surface area contributed by atoms with Crippen LogP contribution in [0.4, 0.5) is 0 Å². The Morgan fingerprint density at radius 3 is 2.12 bits per heavy atom. The molecule has 52 heavy (non-hydrogen) atoms. The van der Waals surface area contributed by atoms with Crippen LogP contribution in [0.3, 0.4) is 0 Å². The number of methoxy groups -OCH3 is 2. The minimum atomic E-state index is -1.74. The normalized spacial score (nSPS) is 28.9. The van der Waals surface area contributed by atoms with Gasteiger partial charge < -0.3 is 68.2 Å². The van der Waals surface area contributed by atoms with Crippen LogP contribution in [0.2, 0.25) is 0 Å². The first-order chi connectivity index (χ1) is 24.8. The number of aliphatic hydroxyl groups is 3. The molecule has 2 aliphatic heterocycles. The van der Waals surface area contributed by atoms with Crippen LogP contribution in [-0.4, -0.2) is 132 Å².